The molecule has 2 aromatic rings. The second-order valence-electron chi connectivity index (χ2n) is 7.29. The topological polar surface area (TPSA) is 44.4 Å². The summed E-state index contributed by atoms with van der Waals surface area (Å²) in [5.74, 6) is -0.0909. The number of likely N-dealkylation sites (tertiary alicyclic amines) is 1. The Morgan fingerprint density at radius 3 is 2.61 bits per heavy atom. The quantitative estimate of drug-likeness (QED) is 0.376. The summed E-state index contributed by atoms with van der Waals surface area (Å²) >= 11 is 8.46. The van der Waals surface area contributed by atoms with Crippen molar-refractivity contribution < 1.29 is 4.79 Å². The van der Waals surface area contributed by atoms with E-state index in [1.165, 1.54) is 35.9 Å². The van der Waals surface area contributed by atoms with E-state index in [-0.39, 0.29) is 5.91 Å². The number of rotatable bonds is 7. The SMILES string of the molecule is Cc1cc(I)ccc1Nc1ccc(Cl)cc1C(=O)NCCCN1CCCCC1. The maximum atomic E-state index is 12.8. The number of hydrogen-bond donors (Lipinski definition) is 2. The van der Waals surface area contributed by atoms with Gasteiger partial charge < -0.3 is 15.5 Å². The fraction of sp³-hybridized carbons (Fsp3) is 0.409. The Labute approximate surface area is 186 Å². The van der Waals surface area contributed by atoms with Crippen molar-refractivity contribution in [3.05, 3.63) is 56.1 Å². The maximum absolute atomic E-state index is 12.8. The first kappa shape index (κ1) is 21.4. The van der Waals surface area contributed by atoms with Crippen molar-refractivity contribution >= 4 is 51.5 Å². The van der Waals surface area contributed by atoms with Crippen LogP contribution in [0.25, 0.3) is 0 Å². The molecule has 0 bridgehead atoms. The Bertz CT molecular complexity index is 821. The van der Waals surface area contributed by atoms with Crippen molar-refractivity contribution in [3.8, 4) is 0 Å². The Morgan fingerprint density at radius 2 is 1.86 bits per heavy atom. The predicted molar refractivity (Wildman–Crippen MR) is 126 cm³/mol. The summed E-state index contributed by atoms with van der Waals surface area (Å²) in [7, 11) is 0. The monoisotopic (exact) mass is 511 g/mol. The molecule has 6 heteroatoms. The lowest BCUT2D eigenvalue weighted by atomic mass is 10.1. The molecular weight excluding hydrogens is 485 g/mol. The van der Waals surface area contributed by atoms with E-state index < -0.39 is 0 Å². The fourth-order valence-corrected chi connectivity index (χ4v) is 4.33. The standard InChI is InChI=1S/C22H27ClIN3O/c1-16-14-18(24)7-9-20(16)26-21-8-6-17(23)15-19(21)22(28)25-10-5-13-27-11-3-2-4-12-27/h6-9,14-15,26H,2-5,10-13H2,1H3,(H,25,28). The van der Waals surface area contributed by atoms with Gasteiger partial charge in [0, 0.05) is 20.8 Å². The van der Waals surface area contributed by atoms with Gasteiger partial charge in [-0.05, 0) is 110 Å². The summed E-state index contributed by atoms with van der Waals surface area (Å²) in [5, 5.41) is 7.00. The Balaban J connectivity index is 1.61. The molecule has 0 unspecified atom stereocenters. The van der Waals surface area contributed by atoms with Gasteiger partial charge in [0.15, 0.2) is 0 Å². The average Bonchev–Trinajstić information content (AvgIpc) is 2.69. The third-order valence-electron chi connectivity index (χ3n) is 5.07. The number of amides is 1. The number of hydrogen-bond acceptors (Lipinski definition) is 3. The van der Waals surface area contributed by atoms with Crippen LogP contribution in [0.5, 0.6) is 0 Å². The lowest BCUT2D eigenvalue weighted by molar-refractivity contribution is 0.0952. The normalized spacial score (nSPS) is 14.7. The van der Waals surface area contributed by atoms with Crippen LogP contribution in [0.4, 0.5) is 11.4 Å². The Morgan fingerprint density at radius 1 is 1.11 bits per heavy atom. The number of aryl methyl sites for hydroxylation is 1. The Kier molecular flexibility index (Phi) is 8.00. The number of nitrogens with zero attached hydrogens (tertiary/aromatic N) is 1. The highest BCUT2D eigenvalue weighted by Crippen LogP contribution is 2.27. The van der Waals surface area contributed by atoms with Gasteiger partial charge in [-0.3, -0.25) is 4.79 Å². The molecule has 1 fully saturated rings. The highest BCUT2D eigenvalue weighted by Gasteiger charge is 2.14. The highest BCUT2D eigenvalue weighted by molar-refractivity contribution is 14.1. The van der Waals surface area contributed by atoms with Gasteiger partial charge in [-0.25, -0.2) is 0 Å². The zero-order valence-corrected chi connectivity index (χ0v) is 19.1. The van der Waals surface area contributed by atoms with Gasteiger partial charge in [0.25, 0.3) is 5.91 Å². The summed E-state index contributed by atoms with van der Waals surface area (Å²) in [5.41, 5.74) is 3.46. The molecule has 1 aliphatic rings. The molecule has 3 rings (SSSR count). The second-order valence-corrected chi connectivity index (χ2v) is 8.97. The molecule has 0 atom stereocenters. The first-order chi connectivity index (χ1) is 13.5. The summed E-state index contributed by atoms with van der Waals surface area (Å²) in [4.78, 5) is 15.3. The van der Waals surface area contributed by atoms with Gasteiger partial charge in [-0.1, -0.05) is 18.0 Å². The Hall–Kier alpha value is -1.31. The van der Waals surface area contributed by atoms with Crippen LogP contribution >= 0.6 is 34.2 Å². The molecule has 1 saturated heterocycles. The average molecular weight is 512 g/mol. The first-order valence-corrected chi connectivity index (χ1v) is 11.3. The van der Waals surface area contributed by atoms with E-state index in [9.17, 15) is 4.79 Å². The van der Waals surface area contributed by atoms with E-state index in [0.29, 0.717) is 17.1 Å². The zero-order valence-electron chi connectivity index (χ0n) is 16.2. The molecule has 2 aromatic carbocycles. The van der Waals surface area contributed by atoms with E-state index in [1.54, 1.807) is 12.1 Å². The van der Waals surface area contributed by atoms with Gasteiger partial charge in [0.05, 0.1) is 11.3 Å². The van der Waals surface area contributed by atoms with Crippen molar-refractivity contribution in [2.45, 2.75) is 32.6 Å². The van der Waals surface area contributed by atoms with Crippen molar-refractivity contribution in [2.75, 3.05) is 31.5 Å². The van der Waals surface area contributed by atoms with Crippen LogP contribution in [0, 0.1) is 10.5 Å². The van der Waals surface area contributed by atoms with E-state index >= 15 is 0 Å². The molecule has 0 aromatic heterocycles. The number of piperidine rings is 1. The number of nitrogens with one attached hydrogen (secondary N) is 2. The van der Waals surface area contributed by atoms with Crippen LogP contribution in [0.1, 0.15) is 41.6 Å². The third kappa shape index (κ3) is 6.09. The molecule has 0 spiro atoms. The molecule has 0 radical (unpaired) electrons. The van der Waals surface area contributed by atoms with Crippen molar-refractivity contribution in [3.63, 3.8) is 0 Å². The van der Waals surface area contributed by atoms with Crippen molar-refractivity contribution in [1.29, 1.82) is 0 Å². The van der Waals surface area contributed by atoms with E-state index in [1.807, 2.05) is 18.2 Å². The van der Waals surface area contributed by atoms with Crippen molar-refractivity contribution in [1.82, 2.24) is 10.2 Å². The fourth-order valence-electron chi connectivity index (χ4n) is 3.51. The van der Waals surface area contributed by atoms with E-state index in [2.05, 4.69) is 51.1 Å². The molecular formula is C22H27ClIN3O. The smallest absolute Gasteiger partial charge is 0.253 e. The van der Waals surface area contributed by atoms with Crippen molar-refractivity contribution in [2.24, 2.45) is 0 Å². The van der Waals surface area contributed by atoms with E-state index in [0.717, 1.165) is 29.9 Å². The highest BCUT2D eigenvalue weighted by atomic mass is 127. The molecule has 1 amide bonds. The van der Waals surface area contributed by atoms with Crippen LogP contribution < -0.4 is 10.6 Å². The minimum absolute atomic E-state index is 0.0909. The summed E-state index contributed by atoms with van der Waals surface area (Å²) < 4.78 is 1.18. The van der Waals surface area contributed by atoms with E-state index in [4.69, 9.17) is 11.6 Å². The zero-order chi connectivity index (χ0) is 19.9. The van der Waals surface area contributed by atoms with Crippen LogP contribution in [-0.4, -0.2) is 37.0 Å². The molecule has 4 nitrogen and oxygen atoms in total. The van der Waals surface area contributed by atoms with Crippen LogP contribution in [0.15, 0.2) is 36.4 Å². The maximum Gasteiger partial charge on any atom is 0.253 e. The molecule has 0 saturated carbocycles. The summed E-state index contributed by atoms with van der Waals surface area (Å²) in [6.45, 7) is 6.14. The lowest BCUT2D eigenvalue weighted by Crippen LogP contribution is -2.33. The van der Waals surface area contributed by atoms with Crippen LogP contribution in [0.3, 0.4) is 0 Å². The number of anilines is 2. The number of carbonyl (C=O) groups is 1. The largest absolute Gasteiger partial charge is 0.355 e. The van der Waals surface area contributed by atoms with Gasteiger partial charge in [-0.15, -0.1) is 0 Å². The summed E-state index contributed by atoms with van der Waals surface area (Å²) in [6.07, 6.45) is 4.90. The molecule has 0 aliphatic carbocycles. The molecule has 1 aliphatic heterocycles. The van der Waals surface area contributed by atoms with Gasteiger partial charge in [0.1, 0.15) is 0 Å². The molecule has 28 heavy (non-hydrogen) atoms. The molecule has 150 valence electrons. The molecule has 1 heterocycles. The van der Waals surface area contributed by atoms with Crippen LogP contribution in [-0.2, 0) is 0 Å². The second kappa shape index (κ2) is 10.5. The number of halogens is 2. The van der Waals surface area contributed by atoms with Gasteiger partial charge in [-0.2, -0.15) is 0 Å². The predicted octanol–water partition coefficient (Wildman–Crippen LogP) is 5.60. The number of benzene rings is 2. The summed E-state index contributed by atoms with van der Waals surface area (Å²) in [6, 6.07) is 11.6. The minimum Gasteiger partial charge on any atom is -0.355 e. The van der Waals surface area contributed by atoms with Crippen LogP contribution in [0.2, 0.25) is 5.02 Å². The van der Waals surface area contributed by atoms with Gasteiger partial charge >= 0.3 is 0 Å². The minimum atomic E-state index is -0.0909. The lowest BCUT2D eigenvalue weighted by Gasteiger charge is -2.26. The van der Waals surface area contributed by atoms with Gasteiger partial charge in [0.2, 0.25) is 0 Å². The first-order valence-electron chi connectivity index (χ1n) is 9.86. The molecule has 2 N–H and O–H groups in total. The number of carbonyl (C=O) groups excluding carboxylic acids is 1. The third-order valence-corrected chi connectivity index (χ3v) is 5.98.